The van der Waals surface area contributed by atoms with Gasteiger partial charge in [-0.3, -0.25) is 0 Å². The third-order valence-electron chi connectivity index (χ3n) is 3.68. The predicted octanol–water partition coefficient (Wildman–Crippen LogP) is 0.997. The summed E-state index contributed by atoms with van der Waals surface area (Å²) in [5, 5.41) is 11.2. The Morgan fingerprint density at radius 1 is 1.53 bits per heavy atom. The lowest BCUT2D eigenvalue weighted by Gasteiger charge is -2.37. The molecule has 0 unspecified atom stereocenters. The summed E-state index contributed by atoms with van der Waals surface area (Å²) in [5.74, 6) is 0.293. The molecule has 0 bridgehead atoms. The molecular formula is C13H19N5O. The average molecular weight is 261 g/mol. The quantitative estimate of drug-likeness (QED) is 0.874. The van der Waals surface area contributed by atoms with Gasteiger partial charge in [-0.05, 0) is 18.9 Å². The normalized spacial score (nSPS) is 17.1. The SMILES string of the molecule is CON1CCC(N(C)c2ccnc(N)c2C#N)CC1. The lowest BCUT2D eigenvalue weighted by molar-refractivity contribution is -0.143. The van der Waals surface area contributed by atoms with Crippen molar-refractivity contribution in [3.63, 3.8) is 0 Å². The van der Waals surface area contributed by atoms with E-state index in [-0.39, 0.29) is 0 Å². The fourth-order valence-corrected chi connectivity index (χ4v) is 2.48. The van der Waals surface area contributed by atoms with Gasteiger partial charge in [0, 0.05) is 32.4 Å². The van der Waals surface area contributed by atoms with Gasteiger partial charge in [0.05, 0.1) is 12.8 Å². The van der Waals surface area contributed by atoms with Crippen molar-refractivity contribution in [1.82, 2.24) is 10.0 Å². The lowest BCUT2D eigenvalue weighted by Crippen LogP contribution is -2.43. The highest BCUT2D eigenvalue weighted by atomic mass is 16.7. The van der Waals surface area contributed by atoms with Crippen LogP contribution in [0.5, 0.6) is 0 Å². The van der Waals surface area contributed by atoms with E-state index >= 15 is 0 Å². The molecule has 0 aliphatic carbocycles. The summed E-state index contributed by atoms with van der Waals surface area (Å²) in [6.45, 7) is 1.79. The molecule has 6 nitrogen and oxygen atoms in total. The maximum Gasteiger partial charge on any atom is 0.143 e. The van der Waals surface area contributed by atoms with Crippen LogP contribution in [0.15, 0.2) is 12.3 Å². The standard InChI is InChI=1S/C13H19N5O/c1-17(10-4-7-18(19-2)8-5-10)12-3-6-16-13(15)11(12)9-14/h3,6,10H,4-5,7-8H2,1-2H3,(H2,15,16). The Kier molecular flexibility index (Phi) is 4.20. The number of aromatic nitrogens is 1. The zero-order chi connectivity index (χ0) is 13.8. The number of hydroxylamine groups is 2. The largest absolute Gasteiger partial charge is 0.383 e. The minimum atomic E-state index is 0.293. The molecule has 1 aromatic rings. The van der Waals surface area contributed by atoms with Crippen molar-refractivity contribution in [3.05, 3.63) is 17.8 Å². The van der Waals surface area contributed by atoms with Gasteiger partial charge < -0.3 is 15.5 Å². The molecule has 1 saturated heterocycles. The molecule has 0 atom stereocenters. The molecule has 1 aliphatic rings. The highest BCUT2D eigenvalue weighted by Gasteiger charge is 2.24. The number of nitriles is 1. The zero-order valence-electron chi connectivity index (χ0n) is 11.3. The van der Waals surface area contributed by atoms with Crippen LogP contribution in [0, 0.1) is 11.3 Å². The van der Waals surface area contributed by atoms with Crippen molar-refractivity contribution < 1.29 is 4.84 Å². The molecule has 1 fully saturated rings. The number of rotatable bonds is 3. The van der Waals surface area contributed by atoms with Crippen LogP contribution in [-0.4, -0.2) is 43.3 Å². The summed E-state index contributed by atoms with van der Waals surface area (Å²) in [6.07, 6.45) is 3.64. The summed E-state index contributed by atoms with van der Waals surface area (Å²) in [4.78, 5) is 11.3. The Hall–Kier alpha value is -1.84. The van der Waals surface area contributed by atoms with E-state index in [9.17, 15) is 5.26 Å². The van der Waals surface area contributed by atoms with E-state index in [1.54, 1.807) is 13.3 Å². The summed E-state index contributed by atoms with van der Waals surface area (Å²) in [5.41, 5.74) is 7.06. The van der Waals surface area contributed by atoms with Gasteiger partial charge in [0.1, 0.15) is 17.5 Å². The Labute approximate surface area is 113 Å². The van der Waals surface area contributed by atoms with Gasteiger partial charge in [-0.15, -0.1) is 0 Å². The third-order valence-corrected chi connectivity index (χ3v) is 3.68. The van der Waals surface area contributed by atoms with E-state index in [1.165, 1.54) is 0 Å². The molecule has 0 saturated carbocycles. The molecule has 2 rings (SSSR count). The Balaban J connectivity index is 2.15. The maximum atomic E-state index is 9.20. The van der Waals surface area contributed by atoms with Crippen molar-refractivity contribution in [2.45, 2.75) is 18.9 Å². The van der Waals surface area contributed by atoms with E-state index < -0.39 is 0 Å². The molecule has 102 valence electrons. The molecule has 0 aromatic carbocycles. The summed E-state index contributed by atoms with van der Waals surface area (Å²) >= 11 is 0. The van der Waals surface area contributed by atoms with Crippen LogP contribution in [0.2, 0.25) is 0 Å². The van der Waals surface area contributed by atoms with Crippen molar-refractivity contribution >= 4 is 11.5 Å². The summed E-state index contributed by atoms with van der Waals surface area (Å²) in [7, 11) is 3.70. The smallest absolute Gasteiger partial charge is 0.143 e. The number of nitrogen functional groups attached to an aromatic ring is 1. The third kappa shape index (κ3) is 2.78. The highest BCUT2D eigenvalue weighted by Crippen LogP contribution is 2.27. The van der Waals surface area contributed by atoms with Crippen molar-refractivity contribution in [3.8, 4) is 6.07 Å². The van der Waals surface area contributed by atoms with Gasteiger partial charge in [-0.1, -0.05) is 0 Å². The van der Waals surface area contributed by atoms with Crippen LogP contribution < -0.4 is 10.6 Å². The Bertz CT molecular complexity index is 476. The van der Waals surface area contributed by atoms with Gasteiger partial charge in [0.15, 0.2) is 0 Å². The molecule has 1 aliphatic heterocycles. The fraction of sp³-hybridized carbons (Fsp3) is 0.538. The number of nitrogens with zero attached hydrogens (tertiary/aromatic N) is 4. The monoisotopic (exact) mass is 261 g/mol. The molecular weight excluding hydrogens is 242 g/mol. The van der Waals surface area contributed by atoms with Gasteiger partial charge in [-0.2, -0.15) is 10.3 Å². The van der Waals surface area contributed by atoms with E-state index in [0.717, 1.165) is 31.6 Å². The van der Waals surface area contributed by atoms with Gasteiger partial charge in [0.2, 0.25) is 0 Å². The van der Waals surface area contributed by atoms with E-state index in [1.807, 2.05) is 18.2 Å². The van der Waals surface area contributed by atoms with E-state index in [0.29, 0.717) is 17.4 Å². The van der Waals surface area contributed by atoms with Crippen molar-refractivity contribution in [2.75, 3.05) is 37.9 Å². The molecule has 2 heterocycles. The first-order chi connectivity index (χ1) is 9.17. The number of piperidine rings is 1. The second-order valence-corrected chi connectivity index (χ2v) is 4.66. The lowest BCUT2D eigenvalue weighted by atomic mass is 10.0. The molecule has 1 aromatic heterocycles. The molecule has 6 heteroatoms. The molecule has 2 N–H and O–H groups in total. The minimum Gasteiger partial charge on any atom is -0.383 e. The number of nitrogens with two attached hydrogens (primary N) is 1. The molecule has 0 spiro atoms. The second-order valence-electron chi connectivity index (χ2n) is 4.66. The summed E-state index contributed by atoms with van der Waals surface area (Å²) in [6, 6.07) is 4.37. The Morgan fingerprint density at radius 3 is 2.79 bits per heavy atom. The maximum absolute atomic E-state index is 9.20. The van der Waals surface area contributed by atoms with Crippen LogP contribution in [0.25, 0.3) is 0 Å². The van der Waals surface area contributed by atoms with Gasteiger partial charge in [-0.25, -0.2) is 4.98 Å². The first kappa shape index (κ1) is 13.6. The second kappa shape index (κ2) is 5.87. The van der Waals surface area contributed by atoms with Crippen LogP contribution >= 0.6 is 0 Å². The average Bonchev–Trinajstić information content (AvgIpc) is 2.46. The first-order valence-corrected chi connectivity index (χ1v) is 6.33. The molecule has 19 heavy (non-hydrogen) atoms. The van der Waals surface area contributed by atoms with Crippen LogP contribution in [0.3, 0.4) is 0 Å². The fourth-order valence-electron chi connectivity index (χ4n) is 2.48. The first-order valence-electron chi connectivity index (χ1n) is 6.33. The number of pyridine rings is 1. The van der Waals surface area contributed by atoms with Crippen LogP contribution in [0.4, 0.5) is 11.5 Å². The van der Waals surface area contributed by atoms with Crippen molar-refractivity contribution in [2.24, 2.45) is 0 Å². The number of hydrogen-bond donors (Lipinski definition) is 1. The van der Waals surface area contributed by atoms with Gasteiger partial charge in [0.25, 0.3) is 0 Å². The van der Waals surface area contributed by atoms with Crippen LogP contribution in [-0.2, 0) is 4.84 Å². The topological polar surface area (TPSA) is 78.4 Å². The summed E-state index contributed by atoms with van der Waals surface area (Å²) < 4.78 is 0. The van der Waals surface area contributed by atoms with Gasteiger partial charge >= 0.3 is 0 Å². The highest BCUT2D eigenvalue weighted by molar-refractivity contribution is 5.67. The van der Waals surface area contributed by atoms with E-state index in [4.69, 9.17) is 10.6 Å². The zero-order valence-corrected chi connectivity index (χ0v) is 11.3. The number of anilines is 2. The van der Waals surface area contributed by atoms with Crippen molar-refractivity contribution in [1.29, 1.82) is 5.26 Å². The predicted molar refractivity (Wildman–Crippen MR) is 73.4 cm³/mol. The Morgan fingerprint density at radius 2 is 2.21 bits per heavy atom. The molecule has 0 amide bonds. The number of hydrogen-bond acceptors (Lipinski definition) is 6. The van der Waals surface area contributed by atoms with Crippen LogP contribution in [0.1, 0.15) is 18.4 Å². The van der Waals surface area contributed by atoms with E-state index in [2.05, 4.69) is 16.0 Å². The minimum absolute atomic E-state index is 0.293. The molecule has 0 radical (unpaired) electrons.